The van der Waals surface area contributed by atoms with Crippen LogP contribution >= 0.6 is 0 Å². The van der Waals surface area contributed by atoms with E-state index in [0.29, 0.717) is 61.2 Å². The van der Waals surface area contributed by atoms with Crippen molar-refractivity contribution in [3.63, 3.8) is 0 Å². The third-order valence-corrected chi connectivity index (χ3v) is 4.13. The van der Waals surface area contributed by atoms with Crippen molar-refractivity contribution in [1.29, 1.82) is 0 Å². The van der Waals surface area contributed by atoms with Gasteiger partial charge in [-0.25, -0.2) is 0 Å². The predicted octanol–water partition coefficient (Wildman–Crippen LogP) is 3.85. The van der Waals surface area contributed by atoms with Gasteiger partial charge in [-0.05, 0) is 43.7 Å². The van der Waals surface area contributed by atoms with E-state index in [-0.39, 0.29) is 18.1 Å². The minimum atomic E-state index is -0.142. The third kappa shape index (κ3) is 5.00. The van der Waals surface area contributed by atoms with Crippen molar-refractivity contribution < 1.29 is 23.8 Å². The largest absolute Gasteiger partial charge is 0.492 e. The lowest BCUT2D eigenvalue weighted by Crippen LogP contribution is -2.16. The number of amides is 1. The van der Waals surface area contributed by atoms with Crippen molar-refractivity contribution in [3.05, 3.63) is 48.0 Å². The molecule has 0 saturated carbocycles. The molecule has 1 aliphatic heterocycles. The summed E-state index contributed by atoms with van der Waals surface area (Å²) in [7, 11) is 0. The average Bonchev–Trinajstić information content (AvgIpc) is 2.69. The molecule has 1 amide bonds. The Labute approximate surface area is 158 Å². The lowest BCUT2D eigenvalue weighted by Gasteiger charge is -2.18. The maximum Gasteiger partial charge on any atom is 0.224 e. The number of ketones is 1. The average molecular weight is 369 g/mol. The van der Waals surface area contributed by atoms with E-state index >= 15 is 0 Å². The summed E-state index contributed by atoms with van der Waals surface area (Å²) in [5.74, 6) is 1.73. The Hall–Kier alpha value is -3.02. The predicted molar refractivity (Wildman–Crippen MR) is 102 cm³/mol. The molecular formula is C21H23NO5. The zero-order valence-electron chi connectivity index (χ0n) is 15.3. The van der Waals surface area contributed by atoms with Crippen molar-refractivity contribution in [2.24, 2.45) is 0 Å². The molecule has 0 spiro atoms. The molecule has 2 aromatic carbocycles. The van der Waals surface area contributed by atoms with E-state index in [1.54, 1.807) is 24.3 Å². The van der Waals surface area contributed by atoms with Gasteiger partial charge >= 0.3 is 0 Å². The lowest BCUT2D eigenvalue weighted by molar-refractivity contribution is -0.116. The third-order valence-electron chi connectivity index (χ3n) is 4.13. The molecule has 0 saturated heterocycles. The summed E-state index contributed by atoms with van der Waals surface area (Å²) in [4.78, 5) is 24.5. The van der Waals surface area contributed by atoms with E-state index in [9.17, 15) is 9.59 Å². The Bertz CT molecular complexity index is 818. The summed E-state index contributed by atoms with van der Waals surface area (Å²) in [5.41, 5.74) is 1.21. The molecule has 0 bridgehead atoms. The van der Waals surface area contributed by atoms with Crippen LogP contribution in [-0.4, -0.2) is 31.5 Å². The molecule has 6 heteroatoms. The highest BCUT2D eigenvalue weighted by atomic mass is 16.6. The fourth-order valence-corrected chi connectivity index (χ4v) is 2.83. The van der Waals surface area contributed by atoms with Crippen LogP contribution in [0.5, 0.6) is 17.2 Å². The molecule has 1 heterocycles. The zero-order chi connectivity index (χ0) is 19.1. The summed E-state index contributed by atoms with van der Waals surface area (Å²) in [6, 6.07) is 12.5. The van der Waals surface area contributed by atoms with Crippen LogP contribution in [0.15, 0.2) is 42.5 Å². The minimum Gasteiger partial charge on any atom is -0.492 e. The molecule has 0 radical (unpaired) electrons. The van der Waals surface area contributed by atoms with Crippen molar-refractivity contribution in [1.82, 2.24) is 0 Å². The molecule has 0 unspecified atom stereocenters. The second-order valence-corrected chi connectivity index (χ2v) is 6.11. The number of rotatable bonds is 8. The number of para-hydroxylation sites is 2. The molecular weight excluding hydrogens is 346 g/mol. The SMILES string of the molecule is CCOc1ccccc1NC(=O)CCCC(=O)c1ccc2c(c1)OCCO2. The number of ether oxygens (including phenoxy) is 3. The normalized spacial score (nSPS) is 12.3. The van der Waals surface area contributed by atoms with Crippen LogP contribution in [0, 0.1) is 0 Å². The van der Waals surface area contributed by atoms with Crippen molar-refractivity contribution in [2.75, 3.05) is 25.1 Å². The second-order valence-electron chi connectivity index (χ2n) is 6.11. The Balaban J connectivity index is 1.49. The van der Waals surface area contributed by atoms with Gasteiger partial charge < -0.3 is 19.5 Å². The van der Waals surface area contributed by atoms with E-state index in [1.165, 1.54) is 0 Å². The molecule has 142 valence electrons. The molecule has 27 heavy (non-hydrogen) atoms. The van der Waals surface area contributed by atoms with E-state index in [0.717, 1.165) is 0 Å². The summed E-state index contributed by atoms with van der Waals surface area (Å²) < 4.78 is 16.4. The van der Waals surface area contributed by atoms with Crippen LogP contribution in [0.25, 0.3) is 0 Å². The number of hydrogen-bond acceptors (Lipinski definition) is 5. The first-order chi connectivity index (χ1) is 13.2. The fraction of sp³-hybridized carbons (Fsp3) is 0.333. The molecule has 1 aliphatic rings. The van der Waals surface area contributed by atoms with Crippen molar-refractivity contribution in [2.45, 2.75) is 26.2 Å². The number of carbonyl (C=O) groups excluding carboxylic acids is 2. The summed E-state index contributed by atoms with van der Waals surface area (Å²) >= 11 is 0. The maximum absolute atomic E-state index is 12.4. The lowest BCUT2D eigenvalue weighted by atomic mass is 10.0. The molecule has 2 aromatic rings. The van der Waals surface area contributed by atoms with E-state index in [4.69, 9.17) is 14.2 Å². The summed E-state index contributed by atoms with van der Waals surface area (Å²) in [5, 5.41) is 2.84. The van der Waals surface area contributed by atoms with Crippen LogP contribution in [0.2, 0.25) is 0 Å². The number of carbonyl (C=O) groups is 2. The molecule has 0 aliphatic carbocycles. The monoisotopic (exact) mass is 369 g/mol. The van der Waals surface area contributed by atoms with Gasteiger partial charge in [-0.2, -0.15) is 0 Å². The number of benzene rings is 2. The summed E-state index contributed by atoms with van der Waals surface area (Å²) in [6.45, 7) is 3.41. The highest BCUT2D eigenvalue weighted by molar-refractivity contribution is 5.97. The first kappa shape index (κ1) is 18.8. The van der Waals surface area contributed by atoms with Gasteiger partial charge in [0.15, 0.2) is 17.3 Å². The Kier molecular flexibility index (Phi) is 6.30. The Morgan fingerprint density at radius 3 is 2.63 bits per heavy atom. The highest BCUT2D eigenvalue weighted by Crippen LogP contribution is 2.31. The number of Topliss-reactive ketones (excluding diaryl/α,β-unsaturated/α-hetero) is 1. The first-order valence-electron chi connectivity index (χ1n) is 9.12. The minimum absolute atomic E-state index is 0.0190. The fourth-order valence-electron chi connectivity index (χ4n) is 2.83. The second kappa shape index (κ2) is 9.07. The number of hydrogen-bond donors (Lipinski definition) is 1. The first-order valence-corrected chi connectivity index (χ1v) is 9.12. The van der Waals surface area contributed by atoms with Crippen LogP contribution in [0.3, 0.4) is 0 Å². The Morgan fingerprint density at radius 1 is 1.04 bits per heavy atom. The molecule has 0 fully saturated rings. The van der Waals surface area contributed by atoms with Crippen molar-refractivity contribution >= 4 is 17.4 Å². The van der Waals surface area contributed by atoms with Gasteiger partial charge in [-0.15, -0.1) is 0 Å². The molecule has 6 nitrogen and oxygen atoms in total. The quantitative estimate of drug-likeness (QED) is 0.716. The van der Waals surface area contributed by atoms with Crippen LogP contribution in [0.4, 0.5) is 5.69 Å². The zero-order valence-corrected chi connectivity index (χ0v) is 15.3. The smallest absolute Gasteiger partial charge is 0.224 e. The van der Waals surface area contributed by atoms with Crippen LogP contribution in [-0.2, 0) is 4.79 Å². The van der Waals surface area contributed by atoms with Crippen LogP contribution < -0.4 is 19.5 Å². The highest BCUT2D eigenvalue weighted by Gasteiger charge is 2.15. The molecule has 0 atom stereocenters. The van der Waals surface area contributed by atoms with E-state index in [1.807, 2.05) is 25.1 Å². The van der Waals surface area contributed by atoms with E-state index in [2.05, 4.69) is 5.32 Å². The molecule has 1 N–H and O–H groups in total. The molecule has 0 aromatic heterocycles. The summed E-state index contributed by atoms with van der Waals surface area (Å²) in [6.07, 6.45) is 1.02. The maximum atomic E-state index is 12.4. The number of fused-ring (bicyclic) bond motifs is 1. The number of nitrogens with one attached hydrogen (secondary N) is 1. The van der Waals surface area contributed by atoms with Crippen LogP contribution in [0.1, 0.15) is 36.5 Å². The van der Waals surface area contributed by atoms with Gasteiger partial charge in [0.1, 0.15) is 19.0 Å². The van der Waals surface area contributed by atoms with Gasteiger partial charge in [-0.1, -0.05) is 12.1 Å². The van der Waals surface area contributed by atoms with Gasteiger partial charge in [0.05, 0.1) is 12.3 Å². The van der Waals surface area contributed by atoms with Gasteiger partial charge in [0, 0.05) is 18.4 Å². The van der Waals surface area contributed by atoms with Gasteiger partial charge in [0.25, 0.3) is 0 Å². The van der Waals surface area contributed by atoms with Crippen molar-refractivity contribution in [3.8, 4) is 17.2 Å². The Morgan fingerprint density at radius 2 is 1.81 bits per heavy atom. The molecule has 3 rings (SSSR count). The van der Waals surface area contributed by atoms with E-state index < -0.39 is 0 Å². The van der Waals surface area contributed by atoms with Gasteiger partial charge in [0.2, 0.25) is 5.91 Å². The topological polar surface area (TPSA) is 73.9 Å². The number of anilines is 1. The standard InChI is InChI=1S/C21H23NO5/c1-2-25-18-8-4-3-6-16(18)22-21(24)9-5-7-17(23)15-10-11-19-20(14-15)27-13-12-26-19/h3-4,6,8,10-11,14H,2,5,7,9,12-13H2,1H3,(H,22,24). The van der Waals surface area contributed by atoms with Gasteiger partial charge in [-0.3, -0.25) is 9.59 Å².